The second kappa shape index (κ2) is 5.98. The zero-order chi connectivity index (χ0) is 18.2. The normalized spacial score (nSPS) is 12.4. The molecule has 0 spiro atoms. The Kier molecular flexibility index (Phi) is 4.09. The van der Waals surface area contributed by atoms with Crippen molar-refractivity contribution in [1.82, 2.24) is 9.71 Å². The van der Waals surface area contributed by atoms with Crippen LogP contribution < -0.4 is 4.72 Å². The average Bonchev–Trinajstić information content (AvgIpc) is 2.99. The monoisotopic (exact) mass is 359 g/mol. The minimum atomic E-state index is -3.84. The highest BCUT2D eigenvalue weighted by Gasteiger charge is 2.30. The van der Waals surface area contributed by atoms with E-state index in [9.17, 15) is 18.5 Å². The minimum absolute atomic E-state index is 0.0222. The van der Waals surface area contributed by atoms with Gasteiger partial charge in [-0.2, -0.15) is 0 Å². The quantitative estimate of drug-likeness (QED) is 0.538. The van der Waals surface area contributed by atoms with Crippen molar-refractivity contribution in [1.29, 1.82) is 0 Å². The maximum absolute atomic E-state index is 12.7. The van der Waals surface area contributed by atoms with E-state index in [1.54, 1.807) is 20.0 Å². The molecule has 0 aliphatic rings. The van der Waals surface area contributed by atoms with Crippen LogP contribution in [0.2, 0.25) is 0 Å². The van der Waals surface area contributed by atoms with Crippen molar-refractivity contribution in [2.75, 3.05) is 0 Å². The maximum atomic E-state index is 12.7. The summed E-state index contributed by atoms with van der Waals surface area (Å²) in [5.41, 5.74) is 0.698. The molecule has 0 fully saturated rings. The first-order chi connectivity index (χ1) is 11.7. The minimum Gasteiger partial charge on any atom is -0.361 e. The number of hydrogen-bond acceptors (Lipinski definition) is 4. The van der Waals surface area contributed by atoms with Crippen molar-refractivity contribution in [3.8, 4) is 0 Å². The third kappa shape index (κ3) is 3.26. The lowest BCUT2D eigenvalue weighted by Crippen LogP contribution is -2.40. The third-order valence-corrected chi connectivity index (χ3v) is 5.68. The molecule has 1 aromatic heterocycles. The highest BCUT2D eigenvalue weighted by atomic mass is 32.2. The molecule has 7 nitrogen and oxygen atoms in total. The molecule has 0 aliphatic heterocycles. The summed E-state index contributed by atoms with van der Waals surface area (Å²) in [5.74, 6) is 0. The molecule has 8 heteroatoms. The summed E-state index contributed by atoms with van der Waals surface area (Å²) in [5, 5.41) is 11.6. The van der Waals surface area contributed by atoms with Gasteiger partial charge < -0.3 is 4.98 Å². The first-order valence-corrected chi connectivity index (χ1v) is 9.04. The first-order valence-electron chi connectivity index (χ1n) is 7.56. The maximum Gasteiger partial charge on any atom is 0.269 e. The number of hydrogen-bond donors (Lipinski definition) is 2. The zero-order valence-corrected chi connectivity index (χ0v) is 14.5. The smallest absolute Gasteiger partial charge is 0.269 e. The van der Waals surface area contributed by atoms with Crippen molar-refractivity contribution in [3.63, 3.8) is 0 Å². The van der Waals surface area contributed by atoms with E-state index in [2.05, 4.69) is 9.71 Å². The molecule has 1 heterocycles. The van der Waals surface area contributed by atoms with Crippen molar-refractivity contribution >= 4 is 26.6 Å². The van der Waals surface area contributed by atoms with Crippen LogP contribution in [0.15, 0.2) is 59.6 Å². The molecule has 0 radical (unpaired) electrons. The van der Waals surface area contributed by atoms with Gasteiger partial charge in [0.15, 0.2) is 0 Å². The van der Waals surface area contributed by atoms with E-state index in [0.29, 0.717) is 0 Å². The summed E-state index contributed by atoms with van der Waals surface area (Å²) in [4.78, 5) is 13.2. The highest BCUT2D eigenvalue weighted by molar-refractivity contribution is 7.89. The van der Waals surface area contributed by atoms with E-state index in [1.807, 2.05) is 24.3 Å². The molecule has 25 heavy (non-hydrogen) atoms. The van der Waals surface area contributed by atoms with Crippen molar-refractivity contribution < 1.29 is 13.3 Å². The molecule has 3 rings (SSSR count). The van der Waals surface area contributed by atoms with Crippen LogP contribution in [0, 0.1) is 10.1 Å². The van der Waals surface area contributed by atoms with Gasteiger partial charge in [0.1, 0.15) is 0 Å². The summed E-state index contributed by atoms with van der Waals surface area (Å²) in [6.07, 6.45) is 1.78. The van der Waals surface area contributed by atoms with Gasteiger partial charge in [0.25, 0.3) is 5.69 Å². The van der Waals surface area contributed by atoms with Gasteiger partial charge >= 0.3 is 0 Å². The van der Waals surface area contributed by atoms with E-state index in [-0.39, 0.29) is 10.6 Å². The number of benzene rings is 2. The number of nitrogens with zero attached hydrogens (tertiary/aromatic N) is 1. The standard InChI is InChI=1S/C17H17N3O4S/c1-17(2,15-11-18-16-6-4-3-5-14(15)16)19-25(23,24)13-9-7-12(8-10-13)20(21)22/h3-11,18-19H,1-2H3. The van der Waals surface area contributed by atoms with Gasteiger partial charge in [-0.15, -0.1) is 0 Å². The Hall–Kier alpha value is -2.71. The van der Waals surface area contributed by atoms with Crippen molar-refractivity contribution in [3.05, 3.63) is 70.4 Å². The van der Waals surface area contributed by atoms with Gasteiger partial charge in [-0.3, -0.25) is 10.1 Å². The van der Waals surface area contributed by atoms with Gasteiger partial charge in [-0.25, -0.2) is 13.1 Å². The number of nitrogens with one attached hydrogen (secondary N) is 2. The SMILES string of the molecule is CC(C)(NS(=O)(=O)c1ccc([N+](=O)[O-])cc1)c1c[nH]c2ccccc12. The largest absolute Gasteiger partial charge is 0.361 e. The molecule has 0 saturated heterocycles. The van der Waals surface area contributed by atoms with Crippen LogP contribution in [0.1, 0.15) is 19.4 Å². The molecular weight excluding hydrogens is 342 g/mol. The molecule has 0 aliphatic carbocycles. The van der Waals surface area contributed by atoms with E-state index >= 15 is 0 Å². The Morgan fingerprint density at radius 1 is 1.08 bits per heavy atom. The number of aromatic nitrogens is 1. The lowest BCUT2D eigenvalue weighted by atomic mass is 9.95. The first kappa shape index (κ1) is 17.1. The summed E-state index contributed by atoms with van der Waals surface area (Å²) in [7, 11) is -3.84. The Morgan fingerprint density at radius 2 is 1.72 bits per heavy atom. The van der Waals surface area contributed by atoms with Gasteiger partial charge in [0, 0.05) is 29.2 Å². The Morgan fingerprint density at radius 3 is 2.36 bits per heavy atom. The molecule has 130 valence electrons. The number of rotatable bonds is 5. The van der Waals surface area contributed by atoms with E-state index < -0.39 is 20.5 Å². The molecule has 0 amide bonds. The van der Waals surface area contributed by atoms with Crippen molar-refractivity contribution in [2.45, 2.75) is 24.3 Å². The molecule has 0 saturated carbocycles. The van der Waals surface area contributed by atoms with Crippen LogP contribution in [0.4, 0.5) is 5.69 Å². The molecule has 2 N–H and O–H groups in total. The Balaban J connectivity index is 1.94. The number of sulfonamides is 1. The highest BCUT2D eigenvalue weighted by Crippen LogP contribution is 2.30. The molecule has 0 unspecified atom stereocenters. The zero-order valence-electron chi connectivity index (χ0n) is 13.7. The molecule has 2 aromatic carbocycles. The van der Waals surface area contributed by atoms with Gasteiger partial charge in [0.05, 0.1) is 15.4 Å². The van der Waals surface area contributed by atoms with Crippen LogP contribution in [-0.4, -0.2) is 18.3 Å². The second-order valence-electron chi connectivity index (χ2n) is 6.23. The Labute approximate surface area is 144 Å². The van der Waals surface area contributed by atoms with Crippen molar-refractivity contribution in [2.24, 2.45) is 0 Å². The third-order valence-electron chi connectivity index (χ3n) is 4.01. The van der Waals surface area contributed by atoms with E-state index in [4.69, 9.17) is 0 Å². The molecular formula is C17H17N3O4S. The second-order valence-corrected chi connectivity index (χ2v) is 7.91. The fourth-order valence-electron chi connectivity index (χ4n) is 2.79. The van der Waals surface area contributed by atoms with Crippen LogP contribution >= 0.6 is 0 Å². The fraction of sp³-hybridized carbons (Fsp3) is 0.176. The van der Waals surface area contributed by atoms with Crippen LogP contribution in [0.5, 0.6) is 0 Å². The number of nitro groups is 1. The number of H-pyrrole nitrogens is 1. The van der Waals surface area contributed by atoms with Gasteiger partial charge in [0.2, 0.25) is 10.0 Å². The van der Waals surface area contributed by atoms with Crippen LogP contribution in [0.3, 0.4) is 0 Å². The number of nitro benzene ring substituents is 1. The Bertz CT molecular complexity index is 1040. The average molecular weight is 359 g/mol. The van der Waals surface area contributed by atoms with Crippen LogP contribution in [-0.2, 0) is 15.6 Å². The fourth-order valence-corrected chi connectivity index (χ4v) is 4.18. The van der Waals surface area contributed by atoms with E-state index in [1.165, 1.54) is 24.3 Å². The summed E-state index contributed by atoms with van der Waals surface area (Å²) >= 11 is 0. The predicted octanol–water partition coefficient (Wildman–Crippen LogP) is 3.29. The number of para-hydroxylation sites is 1. The summed E-state index contributed by atoms with van der Waals surface area (Å²) < 4.78 is 28.0. The van der Waals surface area contributed by atoms with E-state index in [0.717, 1.165) is 16.5 Å². The van der Waals surface area contributed by atoms with Crippen LogP contribution in [0.25, 0.3) is 10.9 Å². The van der Waals surface area contributed by atoms with Gasteiger partial charge in [-0.1, -0.05) is 18.2 Å². The molecule has 3 aromatic rings. The molecule has 0 bridgehead atoms. The molecule has 0 atom stereocenters. The lowest BCUT2D eigenvalue weighted by molar-refractivity contribution is -0.384. The number of non-ortho nitro benzene ring substituents is 1. The summed E-state index contributed by atoms with van der Waals surface area (Å²) in [6, 6.07) is 12.4. The van der Waals surface area contributed by atoms with Gasteiger partial charge in [-0.05, 0) is 37.6 Å². The topological polar surface area (TPSA) is 105 Å². The predicted molar refractivity (Wildman–Crippen MR) is 94.7 cm³/mol. The number of aromatic amines is 1. The lowest BCUT2D eigenvalue weighted by Gasteiger charge is -2.26. The number of fused-ring (bicyclic) bond motifs is 1. The summed E-state index contributed by atoms with van der Waals surface area (Å²) in [6.45, 7) is 3.54.